The highest BCUT2D eigenvalue weighted by Gasteiger charge is 2.45. The van der Waals surface area contributed by atoms with Crippen molar-refractivity contribution in [3.8, 4) is 0 Å². The van der Waals surface area contributed by atoms with Gasteiger partial charge >= 0.3 is 6.09 Å². The molecule has 158 valence electrons. The van der Waals surface area contributed by atoms with Crippen LogP contribution in [-0.2, 0) is 4.74 Å². The van der Waals surface area contributed by atoms with Gasteiger partial charge in [0.15, 0.2) is 0 Å². The van der Waals surface area contributed by atoms with E-state index >= 15 is 0 Å². The molecule has 1 fully saturated rings. The third-order valence-electron chi connectivity index (χ3n) is 5.60. The zero-order valence-corrected chi connectivity index (χ0v) is 17.6. The van der Waals surface area contributed by atoms with Crippen LogP contribution >= 0.6 is 0 Å². The molecule has 0 unspecified atom stereocenters. The van der Waals surface area contributed by atoms with Gasteiger partial charge in [-0.2, -0.15) is 0 Å². The average Bonchev–Trinajstić information content (AvgIpc) is 3.26. The molecule has 1 heterocycles. The summed E-state index contributed by atoms with van der Waals surface area (Å²) in [6.07, 6.45) is 2.26. The monoisotopic (exact) mass is 402 g/mol. The van der Waals surface area contributed by atoms with Gasteiger partial charge in [0.2, 0.25) is 0 Å². The number of carbonyl (C=O) groups is 3. The Morgan fingerprint density at radius 2 is 1.69 bits per heavy atom. The molecular formula is C22H30N2O5. The smallest absolute Gasteiger partial charge is 0.410 e. The van der Waals surface area contributed by atoms with Gasteiger partial charge in [0.05, 0.1) is 23.3 Å². The molecule has 2 atom stereocenters. The van der Waals surface area contributed by atoms with Crippen molar-refractivity contribution >= 4 is 17.9 Å². The van der Waals surface area contributed by atoms with E-state index in [0.717, 1.165) is 30.6 Å². The van der Waals surface area contributed by atoms with Crippen LogP contribution < -0.4 is 0 Å². The zero-order chi connectivity index (χ0) is 21.3. The molecule has 1 aromatic carbocycles. The first-order valence-corrected chi connectivity index (χ1v) is 10.2. The van der Waals surface area contributed by atoms with Gasteiger partial charge in [0.25, 0.3) is 11.8 Å². The zero-order valence-electron chi connectivity index (χ0n) is 17.6. The first-order valence-electron chi connectivity index (χ1n) is 10.2. The van der Waals surface area contributed by atoms with Crippen LogP contribution in [0.25, 0.3) is 0 Å². The van der Waals surface area contributed by atoms with Crippen LogP contribution in [0, 0.1) is 5.92 Å². The van der Waals surface area contributed by atoms with Crippen LogP contribution in [0.4, 0.5) is 4.79 Å². The number of aliphatic hydroxyl groups excluding tert-OH is 1. The summed E-state index contributed by atoms with van der Waals surface area (Å²) in [5.41, 5.74) is 0.00236. The highest BCUT2D eigenvalue weighted by atomic mass is 16.6. The summed E-state index contributed by atoms with van der Waals surface area (Å²) < 4.78 is 5.40. The van der Waals surface area contributed by atoms with Crippen LogP contribution in [0.3, 0.4) is 0 Å². The number of aliphatic hydroxyl groups is 1. The summed E-state index contributed by atoms with van der Waals surface area (Å²) in [6, 6.07) is 5.83. The number of hydrogen-bond acceptors (Lipinski definition) is 5. The fourth-order valence-corrected chi connectivity index (χ4v) is 4.16. The highest BCUT2D eigenvalue weighted by Crippen LogP contribution is 2.33. The third kappa shape index (κ3) is 4.45. The lowest BCUT2D eigenvalue weighted by atomic mass is 9.93. The minimum Gasteiger partial charge on any atom is -0.444 e. The highest BCUT2D eigenvalue weighted by molar-refractivity contribution is 6.21. The number of benzene rings is 1. The normalized spacial score (nSPS) is 19.3. The van der Waals surface area contributed by atoms with Crippen molar-refractivity contribution in [3.63, 3.8) is 0 Å². The number of rotatable bonds is 5. The molecule has 3 rings (SSSR count). The molecule has 29 heavy (non-hydrogen) atoms. The van der Waals surface area contributed by atoms with Gasteiger partial charge in [-0.15, -0.1) is 0 Å². The second-order valence-corrected chi connectivity index (χ2v) is 8.99. The van der Waals surface area contributed by atoms with Gasteiger partial charge in [-0.05, 0) is 51.7 Å². The Morgan fingerprint density at radius 3 is 2.17 bits per heavy atom. The number of amides is 3. The number of imide groups is 1. The minimum absolute atomic E-state index is 0.00338. The summed E-state index contributed by atoms with van der Waals surface area (Å²) in [6.45, 7) is 5.33. The van der Waals surface area contributed by atoms with E-state index in [1.807, 2.05) is 0 Å². The van der Waals surface area contributed by atoms with Crippen molar-refractivity contribution in [2.75, 3.05) is 13.6 Å². The Morgan fingerprint density at radius 1 is 1.17 bits per heavy atom. The van der Waals surface area contributed by atoms with Gasteiger partial charge in [-0.3, -0.25) is 14.5 Å². The van der Waals surface area contributed by atoms with Crippen molar-refractivity contribution in [1.82, 2.24) is 9.80 Å². The molecule has 2 aliphatic rings. The van der Waals surface area contributed by atoms with Gasteiger partial charge in [0.1, 0.15) is 5.60 Å². The molecule has 7 heteroatoms. The van der Waals surface area contributed by atoms with Crippen LogP contribution in [0.5, 0.6) is 0 Å². The quantitative estimate of drug-likeness (QED) is 0.765. The molecule has 7 nitrogen and oxygen atoms in total. The van der Waals surface area contributed by atoms with E-state index in [1.54, 1.807) is 52.1 Å². The topological polar surface area (TPSA) is 87.2 Å². The largest absolute Gasteiger partial charge is 0.444 e. The van der Waals surface area contributed by atoms with Crippen LogP contribution in [0.15, 0.2) is 24.3 Å². The molecule has 0 spiro atoms. The van der Waals surface area contributed by atoms with E-state index in [0.29, 0.717) is 11.1 Å². The summed E-state index contributed by atoms with van der Waals surface area (Å²) in [4.78, 5) is 40.9. The SMILES string of the molecule is CN(C[C@@H]([C@@H](O)C1CCCC1)N1C(=O)c2ccccc2C1=O)C(=O)OC(C)(C)C. The lowest BCUT2D eigenvalue weighted by Crippen LogP contribution is -2.55. The number of carbonyl (C=O) groups excluding carboxylic acids is 3. The lowest BCUT2D eigenvalue weighted by Gasteiger charge is -2.36. The van der Waals surface area contributed by atoms with Crippen LogP contribution in [-0.4, -0.2) is 64.2 Å². The van der Waals surface area contributed by atoms with E-state index < -0.39 is 35.7 Å². The van der Waals surface area contributed by atoms with Crippen molar-refractivity contribution < 1.29 is 24.2 Å². The maximum absolute atomic E-state index is 13.0. The third-order valence-corrected chi connectivity index (χ3v) is 5.60. The number of nitrogens with zero attached hydrogens (tertiary/aromatic N) is 2. The van der Waals surface area contributed by atoms with Crippen molar-refractivity contribution in [1.29, 1.82) is 0 Å². The first-order chi connectivity index (χ1) is 13.6. The summed E-state index contributed by atoms with van der Waals surface area (Å²) >= 11 is 0. The minimum atomic E-state index is -0.899. The standard InChI is InChI=1S/C22H30N2O5/c1-22(2,3)29-21(28)23(4)13-17(18(25)14-9-5-6-10-14)24-19(26)15-11-7-8-12-16(15)20(24)27/h7-8,11-12,14,17-18,25H,5-6,9-10,13H2,1-4H3/t17-,18-/m0/s1. The van der Waals surface area contributed by atoms with Gasteiger partial charge in [-0.25, -0.2) is 4.79 Å². The van der Waals surface area contributed by atoms with Gasteiger partial charge in [0, 0.05) is 13.6 Å². The van der Waals surface area contributed by atoms with Gasteiger partial charge < -0.3 is 14.7 Å². The maximum Gasteiger partial charge on any atom is 0.410 e. The molecule has 0 aromatic heterocycles. The Balaban J connectivity index is 1.87. The molecule has 0 saturated heterocycles. The number of ether oxygens (including phenoxy) is 1. The predicted octanol–water partition coefficient (Wildman–Crippen LogP) is 3.07. The van der Waals surface area contributed by atoms with E-state index in [-0.39, 0.29) is 12.5 Å². The second-order valence-electron chi connectivity index (χ2n) is 8.99. The molecule has 1 aromatic rings. The molecule has 1 saturated carbocycles. The Kier molecular flexibility index (Phi) is 5.98. The second kappa shape index (κ2) is 8.14. The maximum atomic E-state index is 13.0. The van der Waals surface area contributed by atoms with E-state index in [2.05, 4.69) is 0 Å². The summed E-state index contributed by atoms with van der Waals surface area (Å²) in [5, 5.41) is 11.1. The molecule has 3 amide bonds. The fourth-order valence-electron chi connectivity index (χ4n) is 4.16. The molecule has 1 N–H and O–H groups in total. The Bertz CT molecular complexity index is 760. The molecule has 1 aliphatic heterocycles. The van der Waals surface area contributed by atoms with Crippen LogP contribution in [0.1, 0.15) is 67.2 Å². The van der Waals surface area contributed by atoms with E-state index in [4.69, 9.17) is 4.74 Å². The number of fused-ring (bicyclic) bond motifs is 1. The van der Waals surface area contributed by atoms with Crippen LogP contribution in [0.2, 0.25) is 0 Å². The lowest BCUT2D eigenvalue weighted by molar-refractivity contribution is -0.00452. The Hall–Kier alpha value is -2.41. The molecule has 1 aliphatic carbocycles. The summed E-state index contributed by atoms with van der Waals surface area (Å²) in [5.74, 6) is -0.855. The fraction of sp³-hybridized carbons (Fsp3) is 0.591. The molecule has 0 bridgehead atoms. The molecular weight excluding hydrogens is 372 g/mol. The van der Waals surface area contributed by atoms with E-state index in [9.17, 15) is 19.5 Å². The Labute approximate surface area is 171 Å². The molecule has 0 radical (unpaired) electrons. The first kappa shape index (κ1) is 21.3. The average molecular weight is 402 g/mol. The van der Waals surface area contributed by atoms with Gasteiger partial charge in [-0.1, -0.05) is 25.0 Å². The van der Waals surface area contributed by atoms with Crippen molar-refractivity contribution in [2.24, 2.45) is 5.92 Å². The number of hydrogen-bond donors (Lipinski definition) is 1. The predicted molar refractivity (Wildman–Crippen MR) is 108 cm³/mol. The van der Waals surface area contributed by atoms with Crippen molar-refractivity contribution in [3.05, 3.63) is 35.4 Å². The van der Waals surface area contributed by atoms with E-state index in [1.165, 1.54) is 4.90 Å². The van der Waals surface area contributed by atoms with Crippen molar-refractivity contribution in [2.45, 2.75) is 64.2 Å². The summed E-state index contributed by atoms with van der Waals surface area (Å²) in [7, 11) is 1.56. The number of likely N-dealkylation sites (N-methyl/N-ethyl adjacent to an activating group) is 1.